The van der Waals surface area contributed by atoms with Crippen molar-refractivity contribution in [2.75, 3.05) is 62.5 Å². The molecular formula is C57H94FN9O15. The minimum Gasteiger partial charge on any atom is -0.459 e. The fraction of sp³-hybridized carbons (Fsp3) is 0.789. The number of carbonyl (C=O) groups excluding carboxylic acids is 1. The molecular weight excluding hydrogens is 1070 g/mol. The molecule has 24 nitrogen and oxygen atoms in total. The molecule has 0 radical (unpaired) electrons. The molecule has 20 atom stereocenters. The van der Waals surface area contributed by atoms with E-state index in [1.165, 1.54) is 32.9 Å². The van der Waals surface area contributed by atoms with Crippen LogP contribution in [0.15, 0.2) is 41.8 Å². The average molecular weight is 1160 g/mol. The largest absolute Gasteiger partial charge is 0.459 e. The molecule has 0 bridgehead atoms. The van der Waals surface area contributed by atoms with Gasteiger partial charge in [0.05, 0.1) is 76.6 Å². The molecule has 3 saturated heterocycles. The number of alkyl halides is 1. The van der Waals surface area contributed by atoms with Crippen LogP contribution in [0.3, 0.4) is 0 Å². The maximum absolute atomic E-state index is 14.8. The van der Waals surface area contributed by atoms with Crippen LogP contribution in [0.1, 0.15) is 124 Å². The normalized spacial score (nSPS) is 36.8. The third kappa shape index (κ3) is 15.4. The van der Waals surface area contributed by atoms with Crippen LogP contribution in [0, 0.1) is 23.7 Å². The molecule has 82 heavy (non-hydrogen) atoms. The number of esters is 1. The summed E-state index contributed by atoms with van der Waals surface area (Å²) in [7, 11) is 10.2. The van der Waals surface area contributed by atoms with E-state index in [-0.39, 0.29) is 26.1 Å². The number of cyclic esters (lactones) is 1. The average Bonchev–Trinajstić information content (AvgIpc) is 4.21. The zero-order valence-corrected chi connectivity index (χ0v) is 50.9. The van der Waals surface area contributed by atoms with Crippen LogP contribution in [-0.2, 0) is 60.5 Å². The van der Waals surface area contributed by atoms with E-state index in [2.05, 4.69) is 25.8 Å². The number of aromatic nitrogens is 6. The van der Waals surface area contributed by atoms with Crippen molar-refractivity contribution < 1.29 is 77.5 Å². The number of oxime groups is 1. The van der Waals surface area contributed by atoms with E-state index in [0.29, 0.717) is 42.9 Å². The van der Waals surface area contributed by atoms with Crippen LogP contribution in [0.4, 0.5) is 4.39 Å². The Morgan fingerprint density at radius 2 is 1.55 bits per heavy atom. The van der Waals surface area contributed by atoms with Crippen molar-refractivity contribution in [3.8, 4) is 5.69 Å². The molecule has 464 valence electrons. The van der Waals surface area contributed by atoms with Crippen molar-refractivity contribution in [2.45, 2.75) is 204 Å². The van der Waals surface area contributed by atoms with Gasteiger partial charge >= 0.3 is 5.97 Å². The fourth-order valence-corrected chi connectivity index (χ4v) is 12.1. The van der Waals surface area contributed by atoms with Gasteiger partial charge in [-0.15, -0.1) is 10.2 Å². The lowest BCUT2D eigenvalue weighted by atomic mass is 9.73. The van der Waals surface area contributed by atoms with E-state index in [0.717, 1.165) is 11.4 Å². The molecule has 3 aromatic rings. The summed E-state index contributed by atoms with van der Waals surface area (Å²) in [5, 5.41) is 80.7. The quantitative estimate of drug-likeness (QED) is 0.0437. The van der Waals surface area contributed by atoms with Gasteiger partial charge in [0.25, 0.3) is 0 Å². The highest BCUT2D eigenvalue weighted by atomic mass is 19.1. The summed E-state index contributed by atoms with van der Waals surface area (Å²) in [5.41, 5.74) is -1.50. The SMILES string of the molecule is CC[C@H]1OC(=O)[C@H](C)[C@@H](O[C@H]2C[C@@](C)(OC)[C@@H](O)[C@H](C)O2)[C@H](C)[C@@H](O[C@@H]2O[C@H](C)C[C@H](N(C)CCc3cn([C@H](CF)[C@H](O)c4ccc(-n5cc(CN(C)C)nn5)cc4)nn3)[C@H]2O)[C@](C)(OC)C[C@@H](C)/C(=N\OCOC)[C@H](C)[C@@H](O)[C@]1(C)O. The highest BCUT2D eigenvalue weighted by Gasteiger charge is 2.54. The number of likely N-dealkylation sites (N-methyl/N-ethyl adjacent to an activating group) is 1. The summed E-state index contributed by atoms with van der Waals surface area (Å²) in [6.45, 7) is 17.3. The van der Waals surface area contributed by atoms with Gasteiger partial charge in [-0.2, -0.15) is 0 Å². The molecule has 0 aliphatic carbocycles. The number of rotatable bonds is 21. The number of hydrogen-bond acceptors (Lipinski definition) is 22. The Morgan fingerprint density at radius 1 is 0.878 bits per heavy atom. The first-order chi connectivity index (χ1) is 38.7. The molecule has 6 rings (SSSR count). The van der Waals surface area contributed by atoms with Crippen LogP contribution in [0.2, 0.25) is 0 Å². The number of aliphatic hydroxyl groups is 5. The highest BCUT2D eigenvalue weighted by Crippen LogP contribution is 2.42. The number of aliphatic hydroxyl groups excluding tert-OH is 4. The molecule has 0 unspecified atom stereocenters. The Morgan fingerprint density at radius 3 is 2.17 bits per heavy atom. The van der Waals surface area contributed by atoms with Crippen LogP contribution in [-0.4, -0.2) is 224 Å². The van der Waals surface area contributed by atoms with E-state index in [1.807, 2.05) is 64.8 Å². The summed E-state index contributed by atoms with van der Waals surface area (Å²) >= 11 is 0. The van der Waals surface area contributed by atoms with Crippen molar-refractivity contribution >= 4 is 11.7 Å². The molecule has 3 aliphatic rings. The molecule has 0 amide bonds. The van der Waals surface area contributed by atoms with E-state index in [4.69, 9.17) is 42.7 Å². The standard InChI is InChI=1S/C57H94FN9O15/c1-17-44-57(10,73)50(70)34(4)46(61-77-31-74-14)32(2)25-56(9,76-16)52(35(5)49(36(6)53(72)80-44)81-45-26-55(8,75-15)51(71)37(7)79-45)82-54-48(69)42(24-33(3)78-54)65(13)23-22-39-29-67(63-59-39)43(27-58)47(68)38-18-20-41(21-19-38)66-30-40(60-62-66)28-64(11)12/h18-21,29-30,32-37,42-45,47-52,54,68-71,73H,17,22-28,31H2,1-16H3/b61-46+/t32-,33-,34+,35+,36-,37+,42+,43-,44-,45+,47-,48-,49+,50-,51+,52-,54+,55-,56-,57-/m1/s1. The molecule has 3 aliphatic heterocycles. The van der Waals surface area contributed by atoms with Crippen molar-refractivity contribution in [1.82, 2.24) is 39.8 Å². The summed E-state index contributed by atoms with van der Waals surface area (Å²) in [6, 6.07) is 5.40. The third-order valence-electron chi connectivity index (χ3n) is 17.2. The number of nitrogens with zero attached hydrogens (tertiary/aromatic N) is 9. The summed E-state index contributed by atoms with van der Waals surface area (Å²) in [4.78, 5) is 24.2. The second-order valence-electron chi connectivity index (χ2n) is 23.9. The van der Waals surface area contributed by atoms with E-state index >= 15 is 0 Å². The van der Waals surface area contributed by atoms with E-state index in [1.54, 1.807) is 69.8 Å². The Kier molecular flexibility index (Phi) is 23.5. The van der Waals surface area contributed by atoms with E-state index < -0.39 is 133 Å². The monoisotopic (exact) mass is 1160 g/mol. The molecule has 1 aromatic carbocycles. The van der Waals surface area contributed by atoms with Gasteiger partial charge < -0.3 is 78.1 Å². The number of carbonyl (C=O) groups is 1. The van der Waals surface area contributed by atoms with Gasteiger partial charge in [-0.25, -0.2) is 13.8 Å². The first kappa shape index (κ1) is 66.9. The first-order valence-electron chi connectivity index (χ1n) is 28.6. The van der Waals surface area contributed by atoms with Gasteiger partial charge in [0.1, 0.15) is 42.7 Å². The highest BCUT2D eigenvalue weighted by molar-refractivity contribution is 5.88. The fourth-order valence-electron chi connectivity index (χ4n) is 12.1. The molecule has 25 heteroatoms. The lowest BCUT2D eigenvalue weighted by molar-refractivity contribution is -0.319. The van der Waals surface area contributed by atoms with Gasteiger partial charge in [0.15, 0.2) is 12.6 Å². The lowest BCUT2D eigenvalue weighted by Gasteiger charge is -2.50. The third-order valence-corrected chi connectivity index (χ3v) is 17.2. The number of halogens is 1. The molecule has 5 heterocycles. The predicted octanol–water partition coefficient (Wildman–Crippen LogP) is 3.94. The summed E-state index contributed by atoms with van der Waals surface area (Å²) < 4.78 is 68.3. The zero-order valence-electron chi connectivity index (χ0n) is 50.9. The maximum atomic E-state index is 14.8. The topological polar surface area (TPSA) is 282 Å². The van der Waals surface area contributed by atoms with E-state index in [9.17, 15) is 34.7 Å². The number of ether oxygens (including phenoxy) is 8. The second-order valence-corrected chi connectivity index (χ2v) is 23.9. The van der Waals surface area contributed by atoms with Gasteiger partial charge in [-0.05, 0) is 99.6 Å². The Hall–Kier alpha value is -4.19. The maximum Gasteiger partial charge on any atom is 0.311 e. The summed E-state index contributed by atoms with van der Waals surface area (Å²) in [5.74, 6) is -4.05. The molecule has 0 saturated carbocycles. The first-order valence-corrected chi connectivity index (χ1v) is 28.6. The van der Waals surface area contributed by atoms with Crippen molar-refractivity contribution in [3.63, 3.8) is 0 Å². The van der Waals surface area contributed by atoms with Gasteiger partial charge in [0.2, 0.25) is 6.79 Å². The molecule has 3 fully saturated rings. The predicted molar refractivity (Wildman–Crippen MR) is 298 cm³/mol. The van der Waals surface area contributed by atoms with Crippen molar-refractivity contribution in [3.05, 3.63) is 53.6 Å². The van der Waals surface area contributed by atoms with Crippen molar-refractivity contribution in [2.24, 2.45) is 28.8 Å². The second kappa shape index (κ2) is 28.8. The zero-order chi connectivity index (χ0) is 60.6. The lowest BCUT2D eigenvalue weighted by Crippen LogP contribution is -2.61. The Bertz CT molecular complexity index is 2490. The van der Waals surface area contributed by atoms with Crippen LogP contribution in [0.25, 0.3) is 5.69 Å². The summed E-state index contributed by atoms with van der Waals surface area (Å²) in [6.07, 6.45) is -7.28. The minimum absolute atomic E-state index is 0.0751. The van der Waals surface area contributed by atoms with Gasteiger partial charge in [-0.3, -0.25) is 4.79 Å². The smallest absolute Gasteiger partial charge is 0.311 e. The van der Waals surface area contributed by atoms with Crippen LogP contribution < -0.4 is 0 Å². The Labute approximate surface area is 482 Å². The van der Waals surface area contributed by atoms with Crippen molar-refractivity contribution in [1.29, 1.82) is 0 Å². The molecule has 5 N–H and O–H groups in total. The van der Waals surface area contributed by atoms with Crippen LogP contribution in [0.5, 0.6) is 0 Å². The van der Waals surface area contributed by atoms with Gasteiger partial charge in [-0.1, -0.05) is 55.4 Å². The molecule has 2 aromatic heterocycles. The van der Waals surface area contributed by atoms with Gasteiger partial charge in [0, 0.05) is 77.3 Å². The van der Waals surface area contributed by atoms with Crippen LogP contribution >= 0.6 is 0 Å². The Balaban J connectivity index is 1.28. The number of benzene rings is 1. The number of methoxy groups -OCH3 is 3. The molecule has 0 spiro atoms. The number of hydrogen-bond donors (Lipinski definition) is 5. The minimum atomic E-state index is -1.98.